The van der Waals surface area contributed by atoms with E-state index in [9.17, 15) is 17.9 Å². The lowest BCUT2D eigenvalue weighted by Crippen LogP contribution is -2.49. The molecule has 6 nitrogen and oxygen atoms in total. The lowest BCUT2D eigenvalue weighted by molar-refractivity contribution is 0.0776. The Morgan fingerprint density at radius 1 is 1.17 bits per heavy atom. The molecular weight excluding hydrogens is 335 g/mol. The van der Waals surface area contributed by atoms with Gasteiger partial charge in [0.25, 0.3) is 0 Å². The molecule has 0 bridgehead atoms. The van der Waals surface area contributed by atoms with E-state index in [0.717, 1.165) is 6.07 Å². The summed E-state index contributed by atoms with van der Waals surface area (Å²) in [6, 6.07) is 8.44. The minimum absolute atomic E-state index is 0.0356. The van der Waals surface area contributed by atoms with Crippen molar-refractivity contribution < 1.29 is 22.3 Å². The maximum atomic E-state index is 13.3. The molecule has 2 heterocycles. The fourth-order valence-corrected chi connectivity index (χ4v) is 4.20. The van der Waals surface area contributed by atoms with Crippen LogP contribution in [0.5, 0.6) is 0 Å². The van der Waals surface area contributed by atoms with Gasteiger partial charge in [0.1, 0.15) is 17.7 Å². The highest BCUT2D eigenvalue weighted by atomic mass is 32.2. The molecule has 2 aromatic rings. The van der Waals surface area contributed by atoms with Gasteiger partial charge in [-0.3, -0.25) is 4.90 Å². The minimum atomic E-state index is -3.69. The van der Waals surface area contributed by atoms with E-state index >= 15 is 0 Å². The van der Waals surface area contributed by atoms with Crippen LogP contribution in [0.25, 0.3) is 0 Å². The molecule has 130 valence electrons. The van der Waals surface area contributed by atoms with Gasteiger partial charge in [-0.25, -0.2) is 12.8 Å². The summed E-state index contributed by atoms with van der Waals surface area (Å²) in [5, 5.41) is 10.1. The lowest BCUT2D eigenvalue weighted by Gasteiger charge is -2.34. The molecule has 0 saturated carbocycles. The second-order valence-electron chi connectivity index (χ2n) is 5.69. The monoisotopic (exact) mass is 354 g/mol. The van der Waals surface area contributed by atoms with Crippen LogP contribution in [0.4, 0.5) is 4.39 Å². The molecule has 0 aliphatic carbocycles. The predicted octanol–water partition coefficient (Wildman–Crippen LogP) is 1.46. The van der Waals surface area contributed by atoms with E-state index in [2.05, 4.69) is 0 Å². The molecule has 1 aliphatic heterocycles. The Balaban J connectivity index is 1.60. The van der Waals surface area contributed by atoms with E-state index in [1.807, 2.05) is 4.90 Å². The smallest absolute Gasteiger partial charge is 0.243 e. The van der Waals surface area contributed by atoms with Crippen molar-refractivity contribution in [3.63, 3.8) is 0 Å². The van der Waals surface area contributed by atoms with Crippen molar-refractivity contribution in [1.29, 1.82) is 0 Å². The Labute approximate surface area is 140 Å². The summed E-state index contributed by atoms with van der Waals surface area (Å²) in [5.41, 5.74) is 0. The number of rotatable bonds is 5. The van der Waals surface area contributed by atoms with Crippen LogP contribution in [-0.2, 0) is 10.0 Å². The third-order valence-electron chi connectivity index (χ3n) is 4.07. The zero-order valence-electron chi connectivity index (χ0n) is 13.0. The van der Waals surface area contributed by atoms with E-state index in [4.69, 9.17) is 4.42 Å². The van der Waals surface area contributed by atoms with Crippen LogP contribution in [0.1, 0.15) is 11.9 Å². The number of halogens is 1. The summed E-state index contributed by atoms with van der Waals surface area (Å²) in [4.78, 5) is 1.94. The quantitative estimate of drug-likeness (QED) is 0.880. The van der Waals surface area contributed by atoms with Crippen molar-refractivity contribution in [3.8, 4) is 0 Å². The van der Waals surface area contributed by atoms with Gasteiger partial charge in [0.2, 0.25) is 10.0 Å². The molecule has 0 amide bonds. The first kappa shape index (κ1) is 17.1. The summed E-state index contributed by atoms with van der Waals surface area (Å²) < 4.78 is 44.8. The number of sulfonamides is 1. The van der Waals surface area contributed by atoms with Crippen LogP contribution in [-0.4, -0.2) is 55.5 Å². The van der Waals surface area contributed by atoms with Crippen molar-refractivity contribution in [3.05, 3.63) is 54.2 Å². The molecule has 24 heavy (non-hydrogen) atoms. The minimum Gasteiger partial charge on any atom is -0.467 e. The SMILES string of the molecule is O=S(=O)(c1cccc(F)c1)N1CCN(CC(O)c2ccco2)CC1. The number of aliphatic hydroxyl groups excluding tert-OH is 1. The largest absolute Gasteiger partial charge is 0.467 e. The van der Waals surface area contributed by atoms with Crippen molar-refractivity contribution in [2.45, 2.75) is 11.0 Å². The van der Waals surface area contributed by atoms with Crippen LogP contribution in [0.15, 0.2) is 52.0 Å². The number of furan rings is 1. The number of piperazine rings is 1. The Bertz CT molecular complexity index is 771. The topological polar surface area (TPSA) is 74.0 Å². The molecule has 1 aromatic heterocycles. The third-order valence-corrected chi connectivity index (χ3v) is 5.96. The highest BCUT2D eigenvalue weighted by molar-refractivity contribution is 7.89. The molecule has 1 atom stereocenters. The molecule has 1 unspecified atom stereocenters. The Hall–Kier alpha value is -1.74. The van der Waals surface area contributed by atoms with Gasteiger partial charge in [-0.2, -0.15) is 4.31 Å². The van der Waals surface area contributed by atoms with Crippen molar-refractivity contribution in [2.24, 2.45) is 0 Å². The Morgan fingerprint density at radius 3 is 2.54 bits per heavy atom. The Morgan fingerprint density at radius 2 is 1.92 bits per heavy atom. The van der Waals surface area contributed by atoms with Gasteiger partial charge < -0.3 is 9.52 Å². The zero-order valence-corrected chi connectivity index (χ0v) is 13.8. The maximum Gasteiger partial charge on any atom is 0.243 e. The van der Waals surface area contributed by atoms with Gasteiger partial charge >= 0.3 is 0 Å². The summed E-state index contributed by atoms with van der Waals surface area (Å²) in [6.07, 6.45) is 0.758. The molecule has 1 aromatic carbocycles. The first-order valence-electron chi connectivity index (χ1n) is 7.66. The molecule has 1 fully saturated rings. The fourth-order valence-electron chi connectivity index (χ4n) is 2.74. The van der Waals surface area contributed by atoms with Crippen LogP contribution < -0.4 is 0 Å². The standard InChI is InChI=1S/C16H19FN2O4S/c17-13-3-1-4-14(11-13)24(21,22)19-8-6-18(7-9-19)12-15(20)16-5-2-10-23-16/h1-5,10-11,15,20H,6-9,12H2. The average molecular weight is 354 g/mol. The fraction of sp³-hybridized carbons (Fsp3) is 0.375. The van der Waals surface area contributed by atoms with E-state index in [0.29, 0.717) is 38.5 Å². The molecule has 0 spiro atoms. The van der Waals surface area contributed by atoms with Crippen molar-refractivity contribution in [2.75, 3.05) is 32.7 Å². The van der Waals surface area contributed by atoms with Crippen LogP contribution in [0.3, 0.4) is 0 Å². The van der Waals surface area contributed by atoms with Gasteiger partial charge in [0, 0.05) is 32.7 Å². The number of hydrogen-bond acceptors (Lipinski definition) is 5. The first-order chi connectivity index (χ1) is 11.5. The van der Waals surface area contributed by atoms with Crippen LogP contribution in [0.2, 0.25) is 0 Å². The highest BCUT2D eigenvalue weighted by Crippen LogP contribution is 2.20. The molecule has 0 radical (unpaired) electrons. The maximum absolute atomic E-state index is 13.3. The summed E-state index contributed by atoms with van der Waals surface area (Å²) in [6.45, 7) is 1.95. The summed E-state index contributed by atoms with van der Waals surface area (Å²) >= 11 is 0. The molecule has 1 aliphatic rings. The number of aliphatic hydroxyl groups is 1. The van der Waals surface area contributed by atoms with E-state index in [1.54, 1.807) is 12.1 Å². The predicted molar refractivity (Wildman–Crippen MR) is 85.3 cm³/mol. The summed E-state index contributed by atoms with van der Waals surface area (Å²) in [7, 11) is -3.69. The average Bonchev–Trinajstić information content (AvgIpc) is 3.10. The highest BCUT2D eigenvalue weighted by Gasteiger charge is 2.29. The Kier molecular flexibility index (Phi) is 5.00. The number of nitrogens with zero attached hydrogens (tertiary/aromatic N) is 2. The van der Waals surface area contributed by atoms with Gasteiger partial charge in [-0.1, -0.05) is 6.07 Å². The van der Waals surface area contributed by atoms with E-state index < -0.39 is 21.9 Å². The second kappa shape index (κ2) is 7.02. The first-order valence-corrected chi connectivity index (χ1v) is 9.10. The molecule has 1 saturated heterocycles. The van der Waals surface area contributed by atoms with E-state index in [-0.39, 0.29) is 4.90 Å². The number of hydrogen-bond donors (Lipinski definition) is 1. The lowest BCUT2D eigenvalue weighted by atomic mass is 10.2. The van der Waals surface area contributed by atoms with Gasteiger partial charge in [-0.15, -0.1) is 0 Å². The normalized spacial score (nSPS) is 18.6. The molecule has 3 rings (SSSR count). The van der Waals surface area contributed by atoms with Crippen LogP contribution >= 0.6 is 0 Å². The van der Waals surface area contributed by atoms with Gasteiger partial charge in [0.05, 0.1) is 11.2 Å². The van der Waals surface area contributed by atoms with Gasteiger partial charge in [0.15, 0.2) is 0 Å². The summed E-state index contributed by atoms with van der Waals surface area (Å²) in [5.74, 6) is -0.0823. The second-order valence-corrected chi connectivity index (χ2v) is 7.63. The van der Waals surface area contributed by atoms with Crippen LogP contribution in [0, 0.1) is 5.82 Å². The third kappa shape index (κ3) is 3.67. The molecule has 1 N–H and O–H groups in total. The van der Waals surface area contributed by atoms with Crippen molar-refractivity contribution >= 4 is 10.0 Å². The van der Waals surface area contributed by atoms with E-state index in [1.165, 1.54) is 28.8 Å². The van der Waals surface area contributed by atoms with Gasteiger partial charge in [-0.05, 0) is 30.3 Å². The zero-order chi connectivity index (χ0) is 17.2. The number of β-amino-alcohol motifs (C(OH)–C–C–N with tert-alkyl or cyclic N) is 1. The number of benzene rings is 1. The molecule has 8 heteroatoms. The van der Waals surface area contributed by atoms with Crippen molar-refractivity contribution in [1.82, 2.24) is 9.21 Å². The molecular formula is C16H19FN2O4S.